The number of carbonyl (C=O) groups is 6. The summed E-state index contributed by atoms with van der Waals surface area (Å²) < 4.78 is 0. The molecule has 0 heterocycles. The first-order chi connectivity index (χ1) is 13.9. The van der Waals surface area contributed by atoms with Gasteiger partial charge in [-0.1, -0.05) is 0 Å². The Kier molecular flexibility index (Phi) is 12.1. The zero-order valence-corrected chi connectivity index (χ0v) is 17.2. The first-order valence-corrected chi connectivity index (χ1v) is 9.52. The topological polar surface area (TPSA) is 231 Å². The molecule has 13 nitrogen and oxygen atoms in total. The molecule has 9 N–H and O–H groups in total. The van der Waals surface area contributed by atoms with Gasteiger partial charge in [0.15, 0.2) is 0 Å². The fourth-order valence-electron chi connectivity index (χ4n) is 2.09. The van der Waals surface area contributed by atoms with Gasteiger partial charge in [0, 0.05) is 18.6 Å². The first kappa shape index (κ1) is 27.1. The van der Waals surface area contributed by atoms with Crippen molar-refractivity contribution in [2.24, 2.45) is 11.5 Å². The van der Waals surface area contributed by atoms with Crippen LogP contribution in [0.5, 0.6) is 0 Å². The molecule has 30 heavy (non-hydrogen) atoms. The normalized spacial score (nSPS) is 14.5. The molecule has 0 rings (SSSR count). The Labute approximate surface area is 177 Å². The van der Waals surface area contributed by atoms with E-state index in [1.807, 2.05) is 0 Å². The van der Waals surface area contributed by atoms with Crippen molar-refractivity contribution < 1.29 is 39.0 Å². The number of hydrogen-bond acceptors (Lipinski definition) is 8. The van der Waals surface area contributed by atoms with E-state index in [1.54, 1.807) is 0 Å². The number of nitrogens with two attached hydrogens (primary N) is 2. The molecule has 14 heteroatoms. The van der Waals surface area contributed by atoms with E-state index in [0.29, 0.717) is 0 Å². The number of amides is 4. The Bertz CT molecular complexity index is 674. The molecule has 4 unspecified atom stereocenters. The van der Waals surface area contributed by atoms with Gasteiger partial charge in [-0.25, -0.2) is 0 Å². The first-order valence-electron chi connectivity index (χ1n) is 8.89. The number of carbonyl (C=O) groups excluding carboxylic acids is 4. The van der Waals surface area contributed by atoms with Gasteiger partial charge in [-0.05, 0) is 19.8 Å². The minimum absolute atomic E-state index is 0.0429. The Morgan fingerprint density at radius 2 is 1.40 bits per heavy atom. The van der Waals surface area contributed by atoms with E-state index in [1.165, 1.54) is 6.92 Å². The highest BCUT2D eigenvalue weighted by Gasteiger charge is 2.29. The van der Waals surface area contributed by atoms with Gasteiger partial charge in [-0.2, -0.15) is 12.6 Å². The Hall–Kier alpha value is -2.87. The number of nitrogens with one attached hydrogen (secondary N) is 3. The summed E-state index contributed by atoms with van der Waals surface area (Å²) in [5.74, 6) is -5.89. The van der Waals surface area contributed by atoms with Crippen LogP contribution in [0.3, 0.4) is 0 Å². The summed E-state index contributed by atoms with van der Waals surface area (Å²) in [6.45, 7) is 1.19. The minimum atomic E-state index is -1.36. The molecule has 0 radical (unpaired) electrons. The summed E-state index contributed by atoms with van der Waals surface area (Å²) in [6.07, 6.45) is -0.968. The number of rotatable bonds is 14. The third-order valence-corrected chi connectivity index (χ3v) is 4.23. The van der Waals surface area contributed by atoms with Crippen LogP contribution in [0, 0.1) is 0 Å². The van der Waals surface area contributed by atoms with Crippen molar-refractivity contribution in [3.8, 4) is 0 Å². The summed E-state index contributed by atoms with van der Waals surface area (Å²) in [6, 6.07) is -4.98. The number of primary amides is 1. The summed E-state index contributed by atoms with van der Waals surface area (Å²) >= 11 is 3.96. The molecular weight excluding hydrogens is 422 g/mol. The van der Waals surface area contributed by atoms with Gasteiger partial charge < -0.3 is 37.6 Å². The maximum atomic E-state index is 12.4. The smallest absolute Gasteiger partial charge is 0.325 e. The largest absolute Gasteiger partial charge is 0.481 e. The lowest BCUT2D eigenvalue weighted by Crippen LogP contribution is -2.57. The van der Waals surface area contributed by atoms with Crippen LogP contribution in [0.1, 0.15) is 32.6 Å². The van der Waals surface area contributed by atoms with E-state index in [4.69, 9.17) is 21.7 Å². The van der Waals surface area contributed by atoms with Crippen LogP contribution < -0.4 is 27.4 Å². The molecular formula is C16H27N5O8S. The van der Waals surface area contributed by atoms with Gasteiger partial charge in [0.2, 0.25) is 23.6 Å². The highest BCUT2D eigenvalue weighted by molar-refractivity contribution is 7.80. The van der Waals surface area contributed by atoms with Gasteiger partial charge in [0.05, 0.1) is 6.04 Å². The number of aliphatic carboxylic acids is 2. The van der Waals surface area contributed by atoms with Gasteiger partial charge in [-0.3, -0.25) is 28.8 Å². The lowest BCUT2D eigenvalue weighted by Gasteiger charge is -2.23. The molecule has 0 saturated heterocycles. The van der Waals surface area contributed by atoms with Crippen molar-refractivity contribution in [2.75, 3.05) is 5.75 Å². The van der Waals surface area contributed by atoms with E-state index in [0.717, 1.165) is 0 Å². The van der Waals surface area contributed by atoms with Crippen molar-refractivity contribution >= 4 is 48.2 Å². The molecule has 4 atom stereocenters. The predicted molar refractivity (Wildman–Crippen MR) is 106 cm³/mol. The lowest BCUT2D eigenvalue weighted by molar-refractivity contribution is -0.142. The molecule has 0 aliphatic heterocycles. The maximum Gasteiger partial charge on any atom is 0.325 e. The Morgan fingerprint density at radius 3 is 1.87 bits per heavy atom. The molecule has 0 fully saturated rings. The SMILES string of the molecule is CC(NC(=O)C(CCC(=O)O)NC(=O)C(CS)NC(=O)C(N)CCC(N)=O)C(=O)O. The zero-order valence-electron chi connectivity index (χ0n) is 16.3. The molecule has 170 valence electrons. The number of carboxylic acid groups (broad SMARTS) is 2. The third kappa shape index (κ3) is 10.6. The number of thiol groups is 1. The Morgan fingerprint density at radius 1 is 0.867 bits per heavy atom. The highest BCUT2D eigenvalue weighted by Crippen LogP contribution is 2.02. The second-order valence-electron chi connectivity index (χ2n) is 6.42. The molecule has 0 spiro atoms. The average Bonchev–Trinajstić information content (AvgIpc) is 2.66. The molecule has 0 aromatic rings. The standard InChI is InChI=1S/C16H27N5O8S/c1-7(16(28)29)19-14(26)9(3-5-12(23)24)20-15(27)10(6-30)21-13(25)8(17)2-4-11(18)22/h7-10,30H,2-6,17H2,1H3,(H2,18,22)(H,19,26)(H,20,27)(H,21,25)(H,23,24)(H,28,29). The zero-order chi connectivity index (χ0) is 23.4. The number of hydrogen-bond donors (Lipinski definition) is 8. The summed E-state index contributed by atoms with van der Waals surface area (Å²) in [5.41, 5.74) is 10.6. The van der Waals surface area contributed by atoms with Gasteiger partial charge in [-0.15, -0.1) is 0 Å². The van der Waals surface area contributed by atoms with E-state index >= 15 is 0 Å². The van der Waals surface area contributed by atoms with Crippen molar-refractivity contribution in [3.63, 3.8) is 0 Å². The Balaban J connectivity index is 5.11. The van der Waals surface area contributed by atoms with Crippen molar-refractivity contribution in [1.82, 2.24) is 16.0 Å². The fraction of sp³-hybridized carbons (Fsp3) is 0.625. The molecule has 0 aromatic heterocycles. The second-order valence-corrected chi connectivity index (χ2v) is 6.78. The fourth-order valence-corrected chi connectivity index (χ4v) is 2.34. The molecule has 0 aliphatic carbocycles. The van der Waals surface area contributed by atoms with Crippen LogP contribution in [-0.4, -0.2) is 75.7 Å². The van der Waals surface area contributed by atoms with Crippen LogP contribution in [0.15, 0.2) is 0 Å². The predicted octanol–water partition coefficient (Wildman–Crippen LogP) is -3.07. The monoisotopic (exact) mass is 449 g/mol. The molecule has 0 saturated carbocycles. The highest BCUT2D eigenvalue weighted by atomic mass is 32.1. The van der Waals surface area contributed by atoms with Gasteiger partial charge in [0.25, 0.3) is 0 Å². The van der Waals surface area contributed by atoms with Crippen LogP contribution in [0.25, 0.3) is 0 Å². The van der Waals surface area contributed by atoms with Crippen LogP contribution >= 0.6 is 12.6 Å². The van der Waals surface area contributed by atoms with E-state index < -0.39 is 66.2 Å². The van der Waals surface area contributed by atoms with Gasteiger partial charge >= 0.3 is 11.9 Å². The summed E-state index contributed by atoms with van der Waals surface area (Å²) in [5, 5.41) is 24.4. The molecule has 0 aromatic carbocycles. The lowest BCUT2D eigenvalue weighted by atomic mass is 10.1. The third-order valence-electron chi connectivity index (χ3n) is 3.86. The second kappa shape index (κ2) is 13.4. The molecule has 0 bridgehead atoms. The molecule has 0 aliphatic rings. The van der Waals surface area contributed by atoms with Crippen molar-refractivity contribution in [2.45, 2.75) is 56.8 Å². The number of carboxylic acids is 2. The molecule has 4 amide bonds. The van der Waals surface area contributed by atoms with Crippen molar-refractivity contribution in [3.05, 3.63) is 0 Å². The van der Waals surface area contributed by atoms with Crippen LogP contribution in [0.4, 0.5) is 0 Å². The average molecular weight is 449 g/mol. The summed E-state index contributed by atoms with van der Waals surface area (Å²) in [4.78, 5) is 69.2. The minimum Gasteiger partial charge on any atom is -0.481 e. The van der Waals surface area contributed by atoms with Crippen LogP contribution in [0.2, 0.25) is 0 Å². The van der Waals surface area contributed by atoms with Crippen molar-refractivity contribution in [1.29, 1.82) is 0 Å². The quantitative estimate of drug-likeness (QED) is 0.126. The van der Waals surface area contributed by atoms with E-state index in [2.05, 4.69) is 28.6 Å². The van der Waals surface area contributed by atoms with E-state index in [9.17, 15) is 28.8 Å². The summed E-state index contributed by atoms with van der Waals surface area (Å²) in [7, 11) is 0. The van der Waals surface area contributed by atoms with E-state index in [-0.39, 0.29) is 25.0 Å². The van der Waals surface area contributed by atoms with Crippen LogP contribution in [-0.2, 0) is 28.8 Å². The van der Waals surface area contributed by atoms with Gasteiger partial charge in [0.1, 0.15) is 18.1 Å². The maximum absolute atomic E-state index is 12.4.